The van der Waals surface area contributed by atoms with Gasteiger partial charge in [-0.25, -0.2) is 0 Å². The van der Waals surface area contributed by atoms with Gasteiger partial charge in [-0.15, -0.1) is 0 Å². The van der Waals surface area contributed by atoms with E-state index in [4.69, 9.17) is 0 Å². The Hall–Kier alpha value is 0.669. The molecule has 8 heteroatoms. The first-order valence-electron chi connectivity index (χ1n) is 33.3. The van der Waals surface area contributed by atoms with Gasteiger partial charge in [0.2, 0.25) is 0 Å². The molecule has 12 rings (SSSR count). The topological polar surface area (TPSA) is 0 Å². The van der Waals surface area contributed by atoms with E-state index in [9.17, 15) is 0 Å². The Labute approximate surface area is 540 Å². The van der Waals surface area contributed by atoms with Gasteiger partial charge in [0.1, 0.15) is 0 Å². The maximum atomic E-state index is 2.68. The smallest absolute Gasteiger partial charge is 0.0969 e. The number of benzene rings is 4. The first-order valence-corrected chi connectivity index (χ1v) is 40.0. The van der Waals surface area contributed by atoms with E-state index in [1.807, 2.05) is 0 Å². The van der Waals surface area contributed by atoms with Crippen molar-refractivity contribution in [3.05, 3.63) is 121 Å². The molecule has 0 spiro atoms. The molecule has 8 fully saturated rings. The Bertz CT molecular complexity index is 1840. The molecular weight excluding hydrogens is 1330 g/mol. The quantitative estimate of drug-likeness (QED) is 0.0872. The van der Waals surface area contributed by atoms with E-state index in [1.165, 1.54) is 167 Å². The average molecular weight is 1450 g/mol. The summed E-state index contributed by atoms with van der Waals surface area (Å²) >= 11 is 0. The number of rotatable bonds is 14. The first kappa shape index (κ1) is 71.4. The van der Waals surface area contributed by atoms with Gasteiger partial charge in [-0.2, -0.15) is 0 Å². The Morgan fingerprint density at radius 2 is 0.475 bits per heavy atom. The zero-order valence-corrected chi connectivity index (χ0v) is 59.3. The van der Waals surface area contributed by atoms with E-state index in [0.29, 0.717) is 0 Å². The summed E-state index contributed by atoms with van der Waals surface area (Å²) in [5, 5.41) is 6.54. The molecule has 4 aromatic carbocycles. The standard InChI is InChI=1S/2C31H44P2.2C5H10.Au.ClH.2Fe/c2*1-25(32(26-15-6-2-7-16-26)27-17-8-3-9-18-27)30-23-14-24-31(30)33(28-19-10-4-11-20-28)29-21-12-5-13-22-29;2*1-2-4-5-3-1;;;;/h2*2-3,6-9,15-18,25,28-31H,4-5,10-14,19-24H2,1H3;2*1-5H2;;1H;;/p+3/t2*25-,30?,31?;;;;;;/m10....../s1. The predicted octanol–water partition coefficient (Wildman–Crippen LogP) is 17.5. The van der Waals surface area contributed by atoms with Gasteiger partial charge in [-0.1, -0.05) is 163 Å². The molecule has 8 aliphatic rings. The van der Waals surface area contributed by atoms with Crippen molar-refractivity contribution in [2.45, 2.75) is 290 Å². The van der Waals surface area contributed by atoms with Crippen LogP contribution in [0.15, 0.2) is 121 Å². The molecule has 8 aliphatic carbocycles. The molecule has 0 heterocycles. The van der Waals surface area contributed by atoms with E-state index in [-0.39, 0.29) is 84.8 Å². The van der Waals surface area contributed by atoms with Crippen LogP contribution >= 0.6 is 31.7 Å². The minimum absolute atomic E-state index is 0. The summed E-state index contributed by atoms with van der Waals surface area (Å²) in [5.74, 6) is 1.94. The van der Waals surface area contributed by atoms with Crippen LogP contribution in [-0.2, 0) is 56.5 Å². The second kappa shape index (κ2) is 40.3. The SMILES string of the molecule is C1CCCC1.C1CCCC1.C[C@@H](C1CCCC1[PH+](C1CCCCC1)C1CCCCC1)[PH+](c1ccccc1)c1ccccc1.C[C@H](C1CCCC1[PH+](C1CCCCC1)C1CCCCC1)[PH+](c1ccccc1)c1ccccc1.[Au].[Cl-].[Fe].[Fe]. The summed E-state index contributed by atoms with van der Waals surface area (Å²) in [7, 11) is -2.13. The molecule has 4 unspecified atom stereocenters. The monoisotopic (exact) mass is 1440 g/mol. The van der Waals surface area contributed by atoms with Crippen molar-refractivity contribution in [3.63, 3.8) is 0 Å². The number of halogens is 1. The number of hydrogen-bond acceptors (Lipinski definition) is 0. The summed E-state index contributed by atoms with van der Waals surface area (Å²) in [4.78, 5) is 0. The maximum Gasteiger partial charge on any atom is 0.0969 e. The van der Waals surface area contributed by atoms with E-state index in [2.05, 4.69) is 135 Å². The second-order valence-corrected chi connectivity index (χ2v) is 38.7. The molecule has 8 saturated carbocycles. The van der Waals surface area contributed by atoms with Crippen LogP contribution in [0.3, 0.4) is 0 Å². The molecule has 0 saturated heterocycles. The molecule has 0 aliphatic heterocycles. The first-order chi connectivity index (χ1) is 37.7. The third-order valence-electron chi connectivity index (χ3n) is 21.3. The van der Waals surface area contributed by atoms with E-state index < -0.39 is 15.8 Å². The molecular formula is C72H112AuClFe2P4+3. The fourth-order valence-electron chi connectivity index (χ4n) is 17.7. The molecule has 1 radical (unpaired) electrons. The van der Waals surface area contributed by atoms with Gasteiger partial charge in [0.05, 0.1) is 82.3 Å². The van der Waals surface area contributed by atoms with Crippen LogP contribution in [0.25, 0.3) is 0 Å². The van der Waals surface area contributed by atoms with Gasteiger partial charge in [-0.3, -0.25) is 0 Å². The van der Waals surface area contributed by atoms with Gasteiger partial charge < -0.3 is 12.4 Å². The Morgan fingerprint density at radius 3 is 0.688 bits per heavy atom. The van der Waals surface area contributed by atoms with Gasteiger partial charge in [0, 0.05) is 84.2 Å². The molecule has 4 aromatic rings. The minimum atomic E-state index is -0.770. The summed E-state index contributed by atoms with van der Waals surface area (Å²) in [6.07, 6.45) is 55.1. The van der Waals surface area contributed by atoms with E-state index >= 15 is 0 Å². The van der Waals surface area contributed by atoms with E-state index in [1.54, 1.807) is 85.4 Å². The van der Waals surface area contributed by atoms with Crippen molar-refractivity contribution in [3.8, 4) is 0 Å². The second-order valence-electron chi connectivity index (χ2n) is 26.1. The van der Waals surface area contributed by atoms with Gasteiger partial charge in [0.15, 0.2) is 0 Å². The van der Waals surface area contributed by atoms with Crippen molar-refractivity contribution in [1.29, 1.82) is 0 Å². The fraction of sp³-hybridized carbons (Fsp3) is 0.667. The Kier molecular flexibility index (Phi) is 35.9. The Balaban J connectivity index is 0.000000239. The van der Waals surface area contributed by atoms with Crippen LogP contribution in [0.2, 0.25) is 0 Å². The van der Waals surface area contributed by atoms with Crippen molar-refractivity contribution in [1.82, 2.24) is 0 Å². The average Bonchev–Trinajstić information content (AvgIpc) is 4.42. The van der Waals surface area contributed by atoms with Crippen LogP contribution in [0.4, 0.5) is 0 Å². The zero-order chi connectivity index (χ0) is 52.0. The van der Waals surface area contributed by atoms with Crippen molar-refractivity contribution < 1.29 is 68.9 Å². The normalized spacial score (nSPS) is 24.6. The summed E-state index contributed by atoms with van der Waals surface area (Å²) < 4.78 is 0. The van der Waals surface area contributed by atoms with Crippen LogP contribution in [0.5, 0.6) is 0 Å². The van der Waals surface area contributed by atoms with Crippen molar-refractivity contribution in [2.75, 3.05) is 0 Å². The fourth-order valence-corrected chi connectivity index (χ4v) is 35.7. The number of hydrogen-bond donors (Lipinski definition) is 0. The third-order valence-corrected chi connectivity index (χ3v) is 37.1. The molecule has 0 bridgehead atoms. The molecule has 6 atom stereocenters. The molecule has 80 heavy (non-hydrogen) atoms. The largest absolute Gasteiger partial charge is 1.00 e. The van der Waals surface area contributed by atoms with Crippen molar-refractivity contribution >= 4 is 52.9 Å². The van der Waals surface area contributed by atoms with Crippen molar-refractivity contribution in [2.24, 2.45) is 11.8 Å². The summed E-state index contributed by atoms with van der Waals surface area (Å²) in [6.45, 7) is 5.36. The molecule has 451 valence electrons. The van der Waals surface area contributed by atoms with Crippen LogP contribution < -0.4 is 33.6 Å². The summed E-state index contributed by atoms with van der Waals surface area (Å²) in [5.41, 5.74) is 8.37. The van der Waals surface area contributed by atoms with Crippen LogP contribution in [-0.4, -0.2) is 45.3 Å². The van der Waals surface area contributed by atoms with E-state index in [0.717, 1.165) is 57.1 Å². The molecule has 0 amide bonds. The third kappa shape index (κ3) is 20.9. The van der Waals surface area contributed by atoms with Gasteiger partial charge >= 0.3 is 0 Å². The molecule has 0 nitrogen and oxygen atoms in total. The van der Waals surface area contributed by atoms with Crippen LogP contribution in [0.1, 0.15) is 245 Å². The molecule has 0 N–H and O–H groups in total. The molecule has 0 aromatic heterocycles. The minimum Gasteiger partial charge on any atom is -1.00 e. The predicted molar refractivity (Wildman–Crippen MR) is 352 cm³/mol. The van der Waals surface area contributed by atoms with Gasteiger partial charge in [0.25, 0.3) is 0 Å². The Morgan fingerprint density at radius 1 is 0.275 bits per heavy atom. The van der Waals surface area contributed by atoms with Gasteiger partial charge in [-0.05, 0) is 204 Å². The zero-order valence-electron chi connectivity index (χ0n) is 50.2. The van der Waals surface area contributed by atoms with Crippen LogP contribution in [0, 0.1) is 11.8 Å². The maximum absolute atomic E-state index is 2.68. The summed E-state index contributed by atoms with van der Waals surface area (Å²) in [6, 6.07) is 46.5.